The lowest BCUT2D eigenvalue weighted by molar-refractivity contribution is 0.257. The number of pyridine rings is 1. The first-order chi connectivity index (χ1) is 8.88. The summed E-state index contributed by atoms with van der Waals surface area (Å²) in [4.78, 5) is 3.63. The molecule has 1 fully saturated rings. The van der Waals surface area contributed by atoms with Crippen LogP contribution < -0.4 is 4.72 Å². The first-order valence-corrected chi connectivity index (χ1v) is 7.99. The van der Waals surface area contributed by atoms with Crippen LogP contribution in [0, 0.1) is 17.7 Å². The third kappa shape index (κ3) is 3.51. The molecule has 0 spiro atoms. The lowest BCUT2D eigenvalue weighted by atomic mass is 9.81. The summed E-state index contributed by atoms with van der Waals surface area (Å²) < 4.78 is 40.3. The Bertz CT molecular complexity index is 537. The zero-order valence-corrected chi connectivity index (χ0v) is 12.0. The van der Waals surface area contributed by atoms with E-state index in [1.165, 1.54) is 12.3 Å². The van der Waals surface area contributed by atoms with Gasteiger partial charge in [0.15, 0.2) is 5.82 Å². The first-order valence-electron chi connectivity index (χ1n) is 6.51. The molecule has 0 saturated heterocycles. The number of nitrogens with one attached hydrogen (secondary N) is 1. The van der Waals surface area contributed by atoms with Crippen molar-refractivity contribution in [2.75, 3.05) is 0 Å². The largest absolute Gasteiger partial charge is 0.261 e. The zero-order valence-electron chi connectivity index (χ0n) is 11.1. The Balaban J connectivity index is 2.16. The molecule has 1 saturated carbocycles. The van der Waals surface area contributed by atoms with Gasteiger partial charge in [-0.15, -0.1) is 0 Å². The van der Waals surface area contributed by atoms with E-state index in [4.69, 9.17) is 0 Å². The van der Waals surface area contributed by atoms with Gasteiger partial charge < -0.3 is 0 Å². The lowest BCUT2D eigenvalue weighted by Crippen LogP contribution is -2.40. The van der Waals surface area contributed by atoms with Gasteiger partial charge in [0.05, 0.1) is 0 Å². The summed E-state index contributed by atoms with van der Waals surface area (Å²) in [5, 5.41) is -0.513. The molecule has 0 aliphatic heterocycles. The molecule has 19 heavy (non-hydrogen) atoms. The summed E-state index contributed by atoms with van der Waals surface area (Å²) in [6.07, 6.45) is 3.97. The quantitative estimate of drug-likeness (QED) is 0.927. The Morgan fingerprint density at radius 1 is 1.26 bits per heavy atom. The predicted molar refractivity (Wildman–Crippen MR) is 70.5 cm³/mol. The Hall–Kier alpha value is -1.01. The van der Waals surface area contributed by atoms with Crippen LogP contribution in [0.2, 0.25) is 0 Å². The van der Waals surface area contributed by atoms with Crippen LogP contribution in [0.25, 0.3) is 0 Å². The van der Waals surface area contributed by atoms with Crippen molar-refractivity contribution in [1.82, 2.24) is 9.71 Å². The summed E-state index contributed by atoms with van der Waals surface area (Å²) in [7, 11) is -3.87. The normalized spacial score (nSPS) is 28.3. The molecule has 2 rings (SSSR count). The summed E-state index contributed by atoms with van der Waals surface area (Å²) in [6, 6.07) is 2.34. The highest BCUT2D eigenvalue weighted by molar-refractivity contribution is 7.89. The van der Waals surface area contributed by atoms with Gasteiger partial charge in [-0.3, -0.25) is 0 Å². The fraction of sp³-hybridized carbons (Fsp3) is 0.615. The molecule has 106 valence electrons. The highest BCUT2D eigenvalue weighted by Gasteiger charge is 2.29. The minimum Gasteiger partial charge on any atom is -0.241 e. The number of sulfonamides is 1. The van der Waals surface area contributed by atoms with E-state index >= 15 is 0 Å². The molecule has 1 aliphatic rings. The molecule has 6 heteroatoms. The van der Waals surface area contributed by atoms with Crippen molar-refractivity contribution in [3.05, 3.63) is 24.1 Å². The van der Waals surface area contributed by atoms with Gasteiger partial charge in [0.2, 0.25) is 5.03 Å². The molecule has 1 heterocycles. The second kappa shape index (κ2) is 5.54. The van der Waals surface area contributed by atoms with E-state index in [0.717, 1.165) is 25.3 Å². The summed E-state index contributed by atoms with van der Waals surface area (Å²) in [6.45, 7) is 4.22. The van der Waals surface area contributed by atoms with Gasteiger partial charge in [0.25, 0.3) is 10.0 Å². The second-order valence-corrected chi connectivity index (χ2v) is 7.16. The number of hydrogen-bond donors (Lipinski definition) is 1. The maximum Gasteiger partial charge on any atom is 0.261 e. The van der Waals surface area contributed by atoms with E-state index in [1.54, 1.807) is 0 Å². The fourth-order valence-corrected chi connectivity index (χ4v) is 4.15. The Morgan fingerprint density at radius 3 is 2.47 bits per heavy atom. The number of aromatic nitrogens is 1. The van der Waals surface area contributed by atoms with Gasteiger partial charge in [-0.25, -0.2) is 22.5 Å². The van der Waals surface area contributed by atoms with Gasteiger partial charge >= 0.3 is 0 Å². The van der Waals surface area contributed by atoms with E-state index in [2.05, 4.69) is 23.6 Å². The topological polar surface area (TPSA) is 59.1 Å². The van der Waals surface area contributed by atoms with Crippen molar-refractivity contribution in [2.45, 2.75) is 44.2 Å². The SMILES string of the molecule is CC1CC(C)CC(NS(=O)(=O)c2ncccc2F)C1. The van der Waals surface area contributed by atoms with Gasteiger partial charge in [-0.2, -0.15) is 0 Å². The van der Waals surface area contributed by atoms with Crippen molar-refractivity contribution in [1.29, 1.82) is 0 Å². The highest BCUT2D eigenvalue weighted by Crippen LogP contribution is 2.29. The van der Waals surface area contributed by atoms with Crippen LogP contribution in [0.1, 0.15) is 33.1 Å². The molecule has 0 radical (unpaired) electrons. The van der Waals surface area contributed by atoms with E-state index in [-0.39, 0.29) is 6.04 Å². The van der Waals surface area contributed by atoms with Crippen molar-refractivity contribution in [3.63, 3.8) is 0 Å². The van der Waals surface area contributed by atoms with E-state index in [1.807, 2.05) is 0 Å². The minimum atomic E-state index is -3.87. The number of hydrogen-bond acceptors (Lipinski definition) is 3. The second-order valence-electron chi connectivity index (χ2n) is 5.53. The molecule has 0 amide bonds. The van der Waals surface area contributed by atoms with Crippen LogP contribution in [0.3, 0.4) is 0 Å². The van der Waals surface area contributed by atoms with Crippen molar-refractivity contribution in [2.24, 2.45) is 11.8 Å². The smallest absolute Gasteiger partial charge is 0.241 e. The zero-order chi connectivity index (χ0) is 14.0. The summed E-state index contributed by atoms with van der Waals surface area (Å²) in [5.41, 5.74) is 0. The number of halogens is 1. The molecule has 1 aromatic heterocycles. The Kier molecular flexibility index (Phi) is 4.20. The van der Waals surface area contributed by atoms with Crippen LogP contribution in [-0.4, -0.2) is 19.4 Å². The Labute approximate surface area is 113 Å². The number of nitrogens with zero attached hydrogens (tertiary/aromatic N) is 1. The average Bonchev–Trinajstić information content (AvgIpc) is 2.26. The standard InChI is InChI=1S/C13H19FN2O2S/c1-9-6-10(2)8-11(7-9)16-19(17,18)13-12(14)4-3-5-15-13/h3-5,9-11,16H,6-8H2,1-2H3. The van der Waals surface area contributed by atoms with Gasteiger partial charge in [0.1, 0.15) is 0 Å². The molecule has 1 N–H and O–H groups in total. The molecule has 2 atom stereocenters. The van der Waals surface area contributed by atoms with Crippen LogP contribution in [0.4, 0.5) is 4.39 Å². The minimum absolute atomic E-state index is 0.134. The van der Waals surface area contributed by atoms with E-state index < -0.39 is 20.9 Å². The summed E-state index contributed by atoms with van der Waals surface area (Å²) >= 11 is 0. The third-order valence-electron chi connectivity index (χ3n) is 3.48. The highest BCUT2D eigenvalue weighted by atomic mass is 32.2. The van der Waals surface area contributed by atoms with Gasteiger partial charge in [-0.1, -0.05) is 13.8 Å². The molecular weight excluding hydrogens is 267 g/mol. The molecule has 1 aliphatic carbocycles. The Morgan fingerprint density at radius 2 is 1.89 bits per heavy atom. The third-order valence-corrected chi connectivity index (χ3v) is 4.93. The first kappa shape index (κ1) is 14.4. The monoisotopic (exact) mass is 286 g/mol. The predicted octanol–water partition coefficient (Wildman–Crippen LogP) is 2.32. The molecule has 0 aromatic carbocycles. The number of rotatable bonds is 3. The van der Waals surface area contributed by atoms with Gasteiger partial charge in [0, 0.05) is 12.2 Å². The maximum atomic E-state index is 13.5. The van der Waals surface area contributed by atoms with Crippen LogP contribution >= 0.6 is 0 Å². The molecular formula is C13H19FN2O2S. The summed E-state index contributed by atoms with van der Waals surface area (Å²) in [5.74, 6) is 0.141. The van der Waals surface area contributed by atoms with Gasteiger partial charge in [-0.05, 0) is 43.2 Å². The van der Waals surface area contributed by atoms with Crippen LogP contribution in [-0.2, 0) is 10.0 Å². The molecule has 1 aromatic rings. The van der Waals surface area contributed by atoms with E-state index in [9.17, 15) is 12.8 Å². The molecule has 2 unspecified atom stereocenters. The van der Waals surface area contributed by atoms with Crippen LogP contribution in [0.5, 0.6) is 0 Å². The fourth-order valence-electron chi connectivity index (χ4n) is 2.89. The van der Waals surface area contributed by atoms with Crippen molar-refractivity contribution < 1.29 is 12.8 Å². The average molecular weight is 286 g/mol. The van der Waals surface area contributed by atoms with E-state index in [0.29, 0.717) is 11.8 Å². The molecule has 0 bridgehead atoms. The maximum absolute atomic E-state index is 13.5. The van der Waals surface area contributed by atoms with Crippen molar-refractivity contribution in [3.8, 4) is 0 Å². The molecule has 4 nitrogen and oxygen atoms in total. The van der Waals surface area contributed by atoms with Crippen LogP contribution in [0.15, 0.2) is 23.4 Å². The lowest BCUT2D eigenvalue weighted by Gasteiger charge is -2.31. The van der Waals surface area contributed by atoms with Crippen molar-refractivity contribution >= 4 is 10.0 Å².